The Labute approximate surface area is 724 Å². The summed E-state index contributed by atoms with van der Waals surface area (Å²) in [5.41, 5.74) is 19.2. The van der Waals surface area contributed by atoms with Gasteiger partial charge >= 0.3 is 5.97 Å². The highest BCUT2D eigenvalue weighted by Crippen LogP contribution is 2.15. The number of hydrogen-bond acceptors (Lipinski definition) is 28. The van der Waals surface area contributed by atoms with Crippen LogP contribution in [0.5, 0.6) is 0 Å². The first kappa shape index (κ1) is 98.0. The quantitative estimate of drug-likeness (QED) is 0.0157. The summed E-state index contributed by atoms with van der Waals surface area (Å²) >= 11 is 0. The maximum Gasteiger partial charge on any atom is 0.326 e. The summed E-state index contributed by atoms with van der Waals surface area (Å²) in [7, 11) is 0. The molecule has 686 valence electrons. The Balaban J connectivity index is 0.927. The minimum atomic E-state index is -1.83. The lowest BCUT2D eigenvalue weighted by atomic mass is 9.97. The molecule has 0 fully saturated rings. The average molecular weight is 1770 g/mol. The molecule has 0 aliphatic heterocycles. The Hall–Kier alpha value is -14.5. The highest BCUT2D eigenvalue weighted by molar-refractivity contribution is 6.00. The van der Waals surface area contributed by atoms with Crippen molar-refractivity contribution < 1.29 is 87.2 Å². The molecule has 8 rings (SSSR count). The third-order valence-corrected chi connectivity index (χ3v) is 20.0. The molecule has 14 amide bonds. The van der Waals surface area contributed by atoms with Crippen LogP contribution in [0.4, 0.5) is 0 Å². The molecule has 0 spiro atoms. The van der Waals surface area contributed by atoms with Crippen LogP contribution in [-0.4, -0.2) is 302 Å². The van der Waals surface area contributed by atoms with Crippen molar-refractivity contribution in [2.24, 2.45) is 23.1 Å². The van der Waals surface area contributed by atoms with Crippen molar-refractivity contribution in [2.45, 2.75) is 189 Å². The summed E-state index contributed by atoms with van der Waals surface area (Å²) in [5, 5.41) is 66.0. The van der Waals surface area contributed by atoms with Crippen LogP contribution in [-0.2, 0) is 123 Å². The van der Waals surface area contributed by atoms with Crippen LogP contribution in [0.25, 0.3) is 0 Å². The molecular weight excluding hydrogens is 1660 g/mol. The molecule has 0 aromatic carbocycles. The standard InChI is InChI=1S/C76H109N33O18/c1-3-40(2)63(109-66(116)50(9-5-7-11-78)99-64(114)49(79)8-4-6-10-77)75(125)108-59(30-110)65(115)89-28-61(112)88-29-62(113)98-60(31-111)74(124)106-56(17-46-25-85-37-95-46)72(122)104-54(15-44-23-83-35-93-44)70(120)102-52(13-42-21-81-33-91-42)68(118)100-51(12-41-20-80-32-90-41)67(117)101-53(14-43-22-82-34-92-43)69(119)103-55(16-45-24-84-36-94-45)71(121)105-57(18-47-26-86-38-96-47)73(123)107-58(76(126)127)19-48-27-87-39-97-48/h20-27,32-40,49-60,63,110-111H,3-19,28-31,77-79H2,1-2H3,(H,80,90)(H,81,91)(H,82,92)(H,83,93)(H,84,94)(H,85,95)(H,86,96)(H,87,97)(H,88,112)(H,89,115)(H,98,113)(H,99,114)(H,100,118)(H,101,117)(H,102,120)(H,103,119)(H,104,122)(H,105,121)(H,106,124)(H,107,123)(H,108,125)(H,109,116)(H,126,127)/t40-,49-,50-,51-,52-,53-,54-,55-,56-,57-,58-,59-,60-,63-/m0/s1. The van der Waals surface area contributed by atoms with E-state index in [0.717, 1.165) is 0 Å². The predicted molar refractivity (Wildman–Crippen MR) is 443 cm³/mol. The number of rotatable bonds is 57. The van der Waals surface area contributed by atoms with Gasteiger partial charge in [0.25, 0.3) is 0 Å². The van der Waals surface area contributed by atoms with Crippen molar-refractivity contribution in [3.8, 4) is 0 Å². The Bertz CT molecular complexity index is 4770. The number of unbranched alkanes of at least 4 members (excludes halogenated alkanes) is 2. The van der Waals surface area contributed by atoms with E-state index in [-0.39, 0.29) is 84.8 Å². The van der Waals surface area contributed by atoms with Gasteiger partial charge in [-0.3, -0.25) is 67.1 Å². The number of amides is 14. The summed E-state index contributed by atoms with van der Waals surface area (Å²) in [5.74, 6) is -15.6. The molecule has 0 bridgehead atoms. The van der Waals surface area contributed by atoms with Gasteiger partial charge in [-0.05, 0) is 51.1 Å². The SMILES string of the molecule is CC[C@H](C)[C@H](NC(=O)[C@H](CCCCN)NC(=O)[C@@H](N)CCCCN)C(=O)N[C@@H](CO)C(=O)NCC(=O)NCC(=O)N[C@@H](CO)C(=O)N[C@@H](Cc1c[nH]cn1)C(=O)N[C@@H](Cc1c[nH]cn1)C(=O)N[C@@H](Cc1c[nH]cn1)C(=O)N[C@@H](Cc1c[nH]cn1)C(=O)N[C@@H](Cc1c[nH]cn1)C(=O)N[C@@H](Cc1c[nH]cn1)C(=O)N[C@@H](Cc1c[nH]cn1)C(=O)N[C@@H](Cc1c[nH]cn1)C(=O)O. The van der Waals surface area contributed by atoms with E-state index in [0.29, 0.717) is 57.3 Å². The van der Waals surface area contributed by atoms with E-state index in [2.05, 4.69) is 154 Å². The second-order valence-electron chi connectivity index (χ2n) is 29.6. The highest BCUT2D eigenvalue weighted by Gasteiger charge is 2.39. The van der Waals surface area contributed by atoms with Gasteiger partial charge in [0.2, 0.25) is 82.7 Å². The zero-order valence-electron chi connectivity index (χ0n) is 69.4. The maximum absolute atomic E-state index is 15.1. The first-order chi connectivity index (χ1) is 61.1. The molecule has 0 aliphatic carbocycles. The number of imidazole rings is 8. The average Bonchev–Trinajstić information content (AvgIpc) is 1.49. The van der Waals surface area contributed by atoms with Crippen molar-refractivity contribution in [3.63, 3.8) is 0 Å². The molecule has 0 aliphatic rings. The topological polar surface area (TPSA) is 793 Å². The van der Waals surface area contributed by atoms with Gasteiger partial charge in [-0.25, -0.2) is 44.7 Å². The summed E-state index contributed by atoms with van der Waals surface area (Å²) in [4.78, 5) is 266. The number of carboxylic acid groups (broad SMARTS) is 1. The van der Waals surface area contributed by atoms with Gasteiger partial charge in [-0.1, -0.05) is 26.7 Å². The van der Waals surface area contributed by atoms with Gasteiger partial charge in [-0.2, -0.15) is 0 Å². The normalized spacial score (nSPS) is 14.5. The third-order valence-electron chi connectivity index (χ3n) is 20.0. The van der Waals surface area contributed by atoms with E-state index in [1.807, 2.05) is 0 Å². The molecule has 14 atom stereocenters. The van der Waals surface area contributed by atoms with E-state index in [4.69, 9.17) is 17.2 Å². The number of hydrogen-bond donors (Lipinski definition) is 28. The number of carboxylic acids is 1. The molecule has 51 heteroatoms. The number of aliphatic hydroxyl groups is 2. The number of aromatic amines is 8. The van der Waals surface area contributed by atoms with Crippen LogP contribution >= 0.6 is 0 Å². The summed E-state index contributed by atoms with van der Waals surface area (Å²) in [6, 6.07) is -19.8. The van der Waals surface area contributed by atoms with E-state index in [9.17, 15) is 72.9 Å². The first-order valence-corrected chi connectivity index (χ1v) is 40.7. The van der Waals surface area contributed by atoms with E-state index in [1.165, 1.54) is 100 Å². The zero-order valence-corrected chi connectivity index (χ0v) is 69.4. The summed E-state index contributed by atoms with van der Waals surface area (Å²) in [6.07, 6.45) is 22.0. The minimum Gasteiger partial charge on any atom is -0.480 e. The van der Waals surface area contributed by atoms with Gasteiger partial charge in [0, 0.05) is 101 Å². The Morgan fingerprint density at radius 1 is 0.315 bits per heavy atom. The fraction of sp³-hybridized carbons (Fsp3) is 0.487. The Morgan fingerprint density at radius 2 is 0.575 bits per heavy atom. The third kappa shape index (κ3) is 32.3. The van der Waals surface area contributed by atoms with Crippen molar-refractivity contribution in [2.75, 3.05) is 39.4 Å². The lowest BCUT2D eigenvalue weighted by Crippen LogP contribution is -2.62. The van der Waals surface area contributed by atoms with Gasteiger partial charge in [0.15, 0.2) is 0 Å². The van der Waals surface area contributed by atoms with Crippen molar-refractivity contribution in [1.29, 1.82) is 0 Å². The molecule has 31 N–H and O–H groups in total. The monoisotopic (exact) mass is 1770 g/mol. The Kier molecular flexibility index (Phi) is 39.3. The second kappa shape index (κ2) is 51.0. The Morgan fingerprint density at radius 3 is 0.858 bits per heavy atom. The number of carbonyl (C=O) groups is 15. The predicted octanol–water partition coefficient (Wildman–Crippen LogP) is -9.54. The number of nitrogens with zero attached hydrogens (tertiary/aromatic N) is 8. The van der Waals surface area contributed by atoms with Gasteiger partial charge < -0.3 is 147 Å². The zero-order chi connectivity index (χ0) is 91.7. The molecule has 0 saturated carbocycles. The molecule has 8 aromatic heterocycles. The molecular formula is C76H109N33O18. The van der Waals surface area contributed by atoms with Crippen LogP contribution in [0, 0.1) is 5.92 Å². The van der Waals surface area contributed by atoms with Gasteiger partial charge in [0.1, 0.15) is 72.5 Å². The molecule has 0 saturated heterocycles. The van der Waals surface area contributed by atoms with Crippen molar-refractivity contribution in [1.82, 2.24) is 154 Å². The molecule has 8 aromatic rings. The van der Waals surface area contributed by atoms with Crippen LogP contribution in [0.3, 0.4) is 0 Å². The fourth-order valence-corrected chi connectivity index (χ4v) is 12.8. The first-order valence-electron chi connectivity index (χ1n) is 40.7. The number of nitrogens with two attached hydrogens (primary N) is 3. The van der Waals surface area contributed by atoms with E-state index < -0.39 is 212 Å². The number of H-pyrrole nitrogens is 8. The van der Waals surface area contributed by atoms with Crippen LogP contribution in [0.15, 0.2) is 100 Å². The van der Waals surface area contributed by atoms with Crippen molar-refractivity contribution >= 4 is 88.7 Å². The van der Waals surface area contributed by atoms with Gasteiger partial charge in [-0.15, -0.1) is 0 Å². The number of nitrogens with one attached hydrogen (secondary N) is 22. The molecule has 0 unspecified atom stereocenters. The molecule has 0 radical (unpaired) electrons. The number of carbonyl (C=O) groups excluding carboxylic acids is 14. The molecule has 51 nitrogen and oxygen atoms in total. The van der Waals surface area contributed by atoms with Crippen LogP contribution < -0.4 is 91.6 Å². The minimum absolute atomic E-state index is 0.150. The molecule has 8 heterocycles. The maximum atomic E-state index is 15.1. The smallest absolute Gasteiger partial charge is 0.326 e. The second-order valence-corrected chi connectivity index (χ2v) is 29.6. The molecule has 127 heavy (non-hydrogen) atoms. The number of aromatic nitrogens is 16. The summed E-state index contributed by atoms with van der Waals surface area (Å²) < 4.78 is 0. The number of aliphatic hydroxyl groups excluding tert-OH is 2. The van der Waals surface area contributed by atoms with Gasteiger partial charge in [0.05, 0.1) is 129 Å². The highest BCUT2D eigenvalue weighted by atomic mass is 16.4. The van der Waals surface area contributed by atoms with Crippen LogP contribution in [0.1, 0.15) is 104 Å². The lowest BCUT2D eigenvalue weighted by Gasteiger charge is -2.28. The largest absolute Gasteiger partial charge is 0.480 e. The summed E-state index contributed by atoms with van der Waals surface area (Å²) in [6.45, 7) is 0.317. The van der Waals surface area contributed by atoms with Crippen molar-refractivity contribution in [3.05, 3.63) is 146 Å². The van der Waals surface area contributed by atoms with E-state index >= 15 is 14.4 Å². The van der Waals surface area contributed by atoms with E-state index in [1.54, 1.807) is 13.8 Å². The number of aliphatic carboxylic acids is 1. The fourth-order valence-electron chi connectivity index (χ4n) is 12.8. The van der Waals surface area contributed by atoms with Crippen LogP contribution in [0.2, 0.25) is 0 Å². The lowest BCUT2D eigenvalue weighted by molar-refractivity contribution is -0.142.